The van der Waals surface area contributed by atoms with Gasteiger partial charge in [-0.25, -0.2) is 4.39 Å². The minimum absolute atomic E-state index is 0.0450. The third-order valence-electron chi connectivity index (χ3n) is 3.15. The van der Waals surface area contributed by atoms with Gasteiger partial charge in [0.15, 0.2) is 11.6 Å². The Morgan fingerprint density at radius 3 is 2.55 bits per heavy atom. The van der Waals surface area contributed by atoms with E-state index in [1.807, 2.05) is 0 Å². The molecule has 110 valence electrons. The summed E-state index contributed by atoms with van der Waals surface area (Å²) in [5.74, 6) is -1.12. The number of morpholine rings is 1. The second-order valence-electron chi connectivity index (χ2n) is 4.29. The Kier molecular flexibility index (Phi) is 4.29. The van der Waals surface area contributed by atoms with E-state index < -0.39 is 5.82 Å². The van der Waals surface area contributed by atoms with Gasteiger partial charge in [-0.3, -0.25) is 4.79 Å². The maximum Gasteiger partial charge on any atom is 0.261 e. The molecule has 0 spiro atoms. The van der Waals surface area contributed by atoms with Crippen molar-refractivity contribution in [1.29, 1.82) is 0 Å². The van der Waals surface area contributed by atoms with Crippen LogP contribution in [0, 0.1) is 5.82 Å². The molecule has 1 aromatic carbocycles. The first-order valence-corrected chi connectivity index (χ1v) is 6.17. The SMILES string of the molecule is COc1cc(N)c(F)c(OC)c1C(=O)N1CCOCC1. The average molecular weight is 284 g/mol. The number of hydrogen-bond donors (Lipinski definition) is 1. The summed E-state index contributed by atoms with van der Waals surface area (Å²) in [7, 11) is 2.68. The van der Waals surface area contributed by atoms with E-state index in [2.05, 4.69) is 0 Å². The van der Waals surface area contributed by atoms with Crippen molar-refractivity contribution >= 4 is 11.6 Å². The van der Waals surface area contributed by atoms with E-state index in [4.69, 9.17) is 19.9 Å². The highest BCUT2D eigenvalue weighted by Gasteiger charge is 2.28. The standard InChI is InChI=1S/C13H17FN2O4/c1-18-9-7-8(15)11(14)12(19-2)10(9)13(17)16-3-5-20-6-4-16/h7H,3-6,15H2,1-2H3. The van der Waals surface area contributed by atoms with Gasteiger partial charge in [0.25, 0.3) is 5.91 Å². The number of halogens is 1. The highest BCUT2D eigenvalue weighted by molar-refractivity contribution is 6.00. The smallest absolute Gasteiger partial charge is 0.261 e. The van der Waals surface area contributed by atoms with Crippen LogP contribution in [0.25, 0.3) is 0 Å². The number of ether oxygens (including phenoxy) is 3. The zero-order valence-corrected chi connectivity index (χ0v) is 11.4. The summed E-state index contributed by atoms with van der Waals surface area (Å²) in [6, 6.07) is 1.28. The molecule has 0 radical (unpaired) electrons. The van der Waals surface area contributed by atoms with Crippen molar-refractivity contribution in [2.24, 2.45) is 0 Å². The first-order chi connectivity index (χ1) is 9.60. The summed E-state index contributed by atoms with van der Waals surface area (Å²) in [5.41, 5.74) is 5.46. The van der Waals surface area contributed by atoms with Crippen molar-refractivity contribution in [1.82, 2.24) is 4.90 Å². The lowest BCUT2D eigenvalue weighted by atomic mass is 10.1. The third kappa shape index (κ3) is 2.49. The molecule has 20 heavy (non-hydrogen) atoms. The van der Waals surface area contributed by atoms with Crippen LogP contribution in [0.5, 0.6) is 11.5 Å². The van der Waals surface area contributed by atoms with Gasteiger partial charge in [0.05, 0.1) is 33.1 Å². The number of nitrogens with two attached hydrogens (primary N) is 1. The quantitative estimate of drug-likeness (QED) is 0.835. The Balaban J connectivity index is 2.47. The molecule has 1 aromatic rings. The van der Waals surface area contributed by atoms with Crippen LogP contribution >= 0.6 is 0 Å². The van der Waals surface area contributed by atoms with Gasteiger partial charge in [0.2, 0.25) is 0 Å². The van der Waals surface area contributed by atoms with Gasteiger partial charge >= 0.3 is 0 Å². The second-order valence-corrected chi connectivity index (χ2v) is 4.29. The maximum absolute atomic E-state index is 14.0. The van der Waals surface area contributed by atoms with E-state index >= 15 is 0 Å². The number of nitrogens with zero attached hydrogens (tertiary/aromatic N) is 1. The molecule has 0 aromatic heterocycles. The van der Waals surface area contributed by atoms with E-state index in [0.717, 1.165) is 0 Å². The summed E-state index contributed by atoms with van der Waals surface area (Å²) in [4.78, 5) is 14.1. The van der Waals surface area contributed by atoms with Crippen molar-refractivity contribution in [2.45, 2.75) is 0 Å². The molecular formula is C13H17FN2O4. The number of nitrogen functional groups attached to an aromatic ring is 1. The molecule has 1 fully saturated rings. The first kappa shape index (κ1) is 14.4. The highest BCUT2D eigenvalue weighted by Crippen LogP contribution is 2.36. The molecule has 1 heterocycles. The molecule has 7 heteroatoms. The Morgan fingerprint density at radius 1 is 1.35 bits per heavy atom. The van der Waals surface area contributed by atoms with Crippen LogP contribution in [0.2, 0.25) is 0 Å². The number of carbonyl (C=O) groups is 1. The van der Waals surface area contributed by atoms with E-state index in [-0.39, 0.29) is 28.7 Å². The van der Waals surface area contributed by atoms with E-state index in [1.165, 1.54) is 20.3 Å². The van der Waals surface area contributed by atoms with E-state index in [0.29, 0.717) is 26.3 Å². The highest BCUT2D eigenvalue weighted by atomic mass is 19.1. The van der Waals surface area contributed by atoms with Gasteiger partial charge in [-0.1, -0.05) is 0 Å². The fraction of sp³-hybridized carbons (Fsp3) is 0.462. The molecule has 0 aliphatic carbocycles. The number of carbonyl (C=O) groups excluding carboxylic acids is 1. The molecule has 1 saturated heterocycles. The third-order valence-corrected chi connectivity index (χ3v) is 3.15. The van der Waals surface area contributed by atoms with Crippen molar-refractivity contribution in [2.75, 3.05) is 46.3 Å². The Morgan fingerprint density at radius 2 is 2.00 bits per heavy atom. The van der Waals surface area contributed by atoms with Crippen molar-refractivity contribution in [3.63, 3.8) is 0 Å². The van der Waals surface area contributed by atoms with E-state index in [1.54, 1.807) is 4.90 Å². The van der Waals surface area contributed by atoms with Crippen molar-refractivity contribution in [3.05, 3.63) is 17.4 Å². The Hall–Kier alpha value is -2.02. The zero-order chi connectivity index (χ0) is 14.7. The lowest BCUT2D eigenvalue weighted by Crippen LogP contribution is -2.41. The second kappa shape index (κ2) is 5.96. The van der Waals surface area contributed by atoms with E-state index in [9.17, 15) is 9.18 Å². The van der Waals surface area contributed by atoms with Crippen LogP contribution in [-0.2, 0) is 4.74 Å². The molecule has 2 rings (SSSR count). The summed E-state index contributed by atoms with van der Waals surface area (Å²) in [6.45, 7) is 1.79. The van der Waals surface area contributed by atoms with Gasteiger partial charge in [0.1, 0.15) is 11.3 Å². The predicted octanol–water partition coefficient (Wildman–Crippen LogP) is 0.897. The summed E-state index contributed by atoms with van der Waals surface area (Å²) in [5, 5.41) is 0. The molecule has 0 atom stereocenters. The monoisotopic (exact) mass is 284 g/mol. The average Bonchev–Trinajstić information content (AvgIpc) is 2.49. The van der Waals surface area contributed by atoms with Gasteiger partial charge in [-0.05, 0) is 0 Å². The van der Waals surface area contributed by atoms with Crippen LogP contribution in [0.1, 0.15) is 10.4 Å². The largest absolute Gasteiger partial charge is 0.496 e. The summed E-state index contributed by atoms with van der Waals surface area (Å²) in [6.07, 6.45) is 0. The molecule has 0 bridgehead atoms. The maximum atomic E-state index is 14.0. The fourth-order valence-corrected chi connectivity index (χ4v) is 2.11. The van der Waals surface area contributed by atoms with Gasteiger partial charge in [-0.15, -0.1) is 0 Å². The minimum atomic E-state index is -0.759. The van der Waals surface area contributed by atoms with Crippen LogP contribution in [0.3, 0.4) is 0 Å². The topological polar surface area (TPSA) is 74.0 Å². The number of benzene rings is 1. The van der Waals surface area contributed by atoms with Crippen molar-refractivity contribution in [3.8, 4) is 11.5 Å². The molecule has 0 unspecified atom stereocenters. The number of anilines is 1. The molecule has 6 nitrogen and oxygen atoms in total. The predicted molar refractivity (Wildman–Crippen MR) is 70.6 cm³/mol. The Bertz CT molecular complexity index is 516. The lowest BCUT2D eigenvalue weighted by molar-refractivity contribution is 0.0298. The molecule has 1 aliphatic heterocycles. The zero-order valence-electron chi connectivity index (χ0n) is 11.4. The van der Waals surface area contributed by atoms with Crippen molar-refractivity contribution < 1.29 is 23.4 Å². The molecule has 1 amide bonds. The molecular weight excluding hydrogens is 267 g/mol. The van der Waals surface area contributed by atoms with Crippen LogP contribution in [-0.4, -0.2) is 51.3 Å². The normalized spacial score (nSPS) is 15.1. The number of hydrogen-bond acceptors (Lipinski definition) is 5. The number of methoxy groups -OCH3 is 2. The number of rotatable bonds is 3. The van der Waals surface area contributed by atoms with Crippen LogP contribution in [0.15, 0.2) is 6.07 Å². The number of amides is 1. The Labute approximate surface area is 116 Å². The minimum Gasteiger partial charge on any atom is -0.496 e. The van der Waals surface area contributed by atoms with Crippen LogP contribution in [0.4, 0.5) is 10.1 Å². The lowest BCUT2D eigenvalue weighted by Gasteiger charge is -2.28. The molecule has 2 N–H and O–H groups in total. The van der Waals surface area contributed by atoms with Gasteiger partial charge < -0.3 is 24.8 Å². The fourth-order valence-electron chi connectivity index (χ4n) is 2.11. The van der Waals surface area contributed by atoms with Gasteiger partial charge in [0, 0.05) is 19.2 Å². The van der Waals surface area contributed by atoms with Gasteiger partial charge in [-0.2, -0.15) is 0 Å². The first-order valence-electron chi connectivity index (χ1n) is 6.17. The molecule has 0 saturated carbocycles. The van der Waals surface area contributed by atoms with Crippen LogP contribution < -0.4 is 15.2 Å². The summed E-state index contributed by atoms with van der Waals surface area (Å²) < 4.78 is 29.3. The summed E-state index contributed by atoms with van der Waals surface area (Å²) >= 11 is 0. The molecule has 1 aliphatic rings.